The quantitative estimate of drug-likeness (QED) is 0.664. The minimum absolute atomic E-state index is 0.0999. The second-order valence-corrected chi connectivity index (χ2v) is 9.57. The molecule has 2 aliphatic heterocycles. The molecule has 2 aromatic carbocycles. The molecular formula is C26H30N2O5. The summed E-state index contributed by atoms with van der Waals surface area (Å²) in [7, 11) is 1.35. The van der Waals surface area contributed by atoms with E-state index in [0.29, 0.717) is 25.1 Å². The van der Waals surface area contributed by atoms with Gasteiger partial charge in [0, 0.05) is 19.0 Å². The van der Waals surface area contributed by atoms with Gasteiger partial charge in [0.15, 0.2) is 0 Å². The Hall–Kier alpha value is -3.35. The number of amides is 2. The lowest BCUT2D eigenvalue weighted by atomic mass is 9.91. The Morgan fingerprint density at radius 1 is 0.939 bits per heavy atom. The lowest BCUT2D eigenvalue weighted by molar-refractivity contribution is -0.144. The van der Waals surface area contributed by atoms with Crippen LogP contribution in [0.2, 0.25) is 0 Å². The van der Waals surface area contributed by atoms with E-state index >= 15 is 0 Å². The number of para-hydroxylation sites is 1. The minimum atomic E-state index is -0.734. The van der Waals surface area contributed by atoms with Crippen LogP contribution in [0.15, 0.2) is 48.5 Å². The summed E-state index contributed by atoms with van der Waals surface area (Å²) in [4.78, 5) is 42.5. The number of anilines is 1. The summed E-state index contributed by atoms with van der Waals surface area (Å²) >= 11 is 0. The van der Waals surface area contributed by atoms with Gasteiger partial charge in [-0.15, -0.1) is 0 Å². The van der Waals surface area contributed by atoms with Crippen molar-refractivity contribution in [3.63, 3.8) is 0 Å². The maximum absolute atomic E-state index is 14.0. The number of benzene rings is 2. The van der Waals surface area contributed by atoms with Crippen LogP contribution < -0.4 is 4.90 Å². The molecule has 33 heavy (non-hydrogen) atoms. The topological polar surface area (TPSA) is 76.2 Å². The number of carbonyl (C=O) groups is 3. The monoisotopic (exact) mass is 450 g/mol. The number of nitrogens with zero attached hydrogens (tertiary/aromatic N) is 2. The van der Waals surface area contributed by atoms with Crippen molar-refractivity contribution in [2.45, 2.75) is 64.3 Å². The number of fused-ring (bicyclic) bond motifs is 2. The molecule has 7 heteroatoms. The van der Waals surface area contributed by atoms with Gasteiger partial charge in [-0.05, 0) is 49.9 Å². The molecule has 174 valence electrons. The zero-order valence-corrected chi connectivity index (χ0v) is 19.5. The summed E-state index contributed by atoms with van der Waals surface area (Å²) in [6, 6.07) is 14.4. The van der Waals surface area contributed by atoms with Crippen molar-refractivity contribution in [1.82, 2.24) is 4.90 Å². The molecule has 2 aromatic rings. The van der Waals surface area contributed by atoms with Crippen molar-refractivity contribution in [3.8, 4) is 0 Å². The number of esters is 1. The number of hydrogen-bond acceptors (Lipinski definition) is 5. The molecule has 0 fully saturated rings. The zero-order chi connectivity index (χ0) is 23.8. The lowest BCUT2D eigenvalue weighted by Gasteiger charge is -2.39. The predicted octanol–water partition coefficient (Wildman–Crippen LogP) is 3.87. The number of carbonyl (C=O) groups excluding carboxylic acids is 3. The molecule has 1 unspecified atom stereocenters. The Balaban J connectivity index is 1.67. The van der Waals surface area contributed by atoms with Gasteiger partial charge < -0.3 is 14.4 Å². The van der Waals surface area contributed by atoms with Crippen molar-refractivity contribution in [2.24, 2.45) is 0 Å². The van der Waals surface area contributed by atoms with Crippen molar-refractivity contribution in [1.29, 1.82) is 0 Å². The Labute approximate surface area is 194 Å². The molecule has 2 atom stereocenters. The van der Waals surface area contributed by atoms with Crippen LogP contribution in [0.4, 0.5) is 10.5 Å². The van der Waals surface area contributed by atoms with Crippen LogP contribution in [0.3, 0.4) is 0 Å². The molecule has 2 heterocycles. The van der Waals surface area contributed by atoms with E-state index in [4.69, 9.17) is 9.47 Å². The number of ether oxygens (including phenoxy) is 2. The van der Waals surface area contributed by atoms with Gasteiger partial charge in [-0.1, -0.05) is 42.5 Å². The van der Waals surface area contributed by atoms with Gasteiger partial charge in [-0.3, -0.25) is 14.5 Å². The highest BCUT2D eigenvalue weighted by Crippen LogP contribution is 2.36. The van der Waals surface area contributed by atoms with Gasteiger partial charge in [0.1, 0.15) is 11.6 Å². The normalized spacial score (nSPS) is 19.5. The second-order valence-electron chi connectivity index (χ2n) is 9.57. The van der Waals surface area contributed by atoms with E-state index < -0.39 is 17.7 Å². The fourth-order valence-electron chi connectivity index (χ4n) is 4.62. The first-order chi connectivity index (χ1) is 15.7. The highest BCUT2D eigenvalue weighted by Gasteiger charge is 2.44. The van der Waals surface area contributed by atoms with Gasteiger partial charge in [-0.2, -0.15) is 0 Å². The summed E-state index contributed by atoms with van der Waals surface area (Å²) in [5, 5.41) is 0. The Morgan fingerprint density at radius 2 is 1.58 bits per heavy atom. The third-order valence-electron chi connectivity index (χ3n) is 6.12. The standard InChI is InChI=1S/C26H30N2O5/c1-26(2,3)33-25(31)28-21-12-8-7-10-18(21)14-22(28)24(30)27-16-19-11-6-5-9-17(19)13-20(27)15-23(29)32-4/h5-12,20,22H,13-16H2,1-4H3/t20?,22-/m1/s1. The zero-order valence-electron chi connectivity index (χ0n) is 19.5. The first-order valence-electron chi connectivity index (χ1n) is 11.2. The fraction of sp³-hybridized carbons (Fsp3) is 0.423. The average molecular weight is 451 g/mol. The summed E-state index contributed by atoms with van der Waals surface area (Å²) in [5.74, 6) is -0.559. The maximum Gasteiger partial charge on any atom is 0.415 e. The van der Waals surface area contributed by atoms with E-state index in [0.717, 1.165) is 16.7 Å². The highest BCUT2D eigenvalue weighted by atomic mass is 16.6. The SMILES string of the molecule is COC(=O)CC1Cc2ccccc2CN1C(=O)[C@H]1Cc2ccccc2N1C(=O)OC(C)(C)C. The van der Waals surface area contributed by atoms with Gasteiger partial charge in [0.2, 0.25) is 5.91 Å². The van der Waals surface area contributed by atoms with Crippen LogP contribution in [-0.4, -0.2) is 47.7 Å². The third-order valence-corrected chi connectivity index (χ3v) is 6.12. The van der Waals surface area contributed by atoms with Crippen LogP contribution in [0.25, 0.3) is 0 Å². The molecule has 0 spiro atoms. The van der Waals surface area contributed by atoms with Crippen molar-refractivity contribution >= 4 is 23.7 Å². The second kappa shape index (κ2) is 8.89. The highest BCUT2D eigenvalue weighted by molar-refractivity contribution is 6.01. The molecule has 0 saturated carbocycles. The van der Waals surface area contributed by atoms with E-state index in [1.165, 1.54) is 12.0 Å². The summed E-state index contributed by atoms with van der Waals surface area (Å²) in [6.07, 6.45) is 0.510. The molecule has 2 aliphatic rings. The lowest BCUT2D eigenvalue weighted by Crippen LogP contribution is -2.55. The predicted molar refractivity (Wildman–Crippen MR) is 124 cm³/mol. The maximum atomic E-state index is 14.0. The Bertz CT molecular complexity index is 1070. The first kappa shape index (κ1) is 22.8. The van der Waals surface area contributed by atoms with Crippen LogP contribution >= 0.6 is 0 Å². The van der Waals surface area contributed by atoms with Crippen LogP contribution in [0, 0.1) is 0 Å². The molecule has 2 amide bonds. The van der Waals surface area contributed by atoms with E-state index in [9.17, 15) is 14.4 Å². The van der Waals surface area contributed by atoms with Gasteiger partial charge in [0.05, 0.1) is 19.2 Å². The van der Waals surface area contributed by atoms with E-state index in [-0.39, 0.29) is 24.3 Å². The van der Waals surface area contributed by atoms with Crippen molar-refractivity contribution in [2.75, 3.05) is 12.0 Å². The number of hydrogen-bond donors (Lipinski definition) is 0. The van der Waals surface area contributed by atoms with Gasteiger partial charge in [-0.25, -0.2) is 4.79 Å². The van der Waals surface area contributed by atoms with Crippen LogP contribution in [-0.2, 0) is 38.4 Å². The molecule has 0 radical (unpaired) electrons. The Morgan fingerprint density at radius 3 is 2.24 bits per heavy atom. The molecule has 4 rings (SSSR count). The summed E-state index contributed by atoms with van der Waals surface area (Å²) in [6.45, 7) is 5.79. The molecule has 0 aromatic heterocycles. The smallest absolute Gasteiger partial charge is 0.415 e. The van der Waals surface area contributed by atoms with Crippen LogP contribution in [0.1, 0.15) is 43.9 Å². The van der Waals surface area contributed by atoms with E-state index in [1.54, 1.807) is 25.7 Å². The third kappa shape index (κ3) is 4.72. The fourth-order valence-corrected chi connectivity index (χ4v) is 4.62. The van der Waals surface area contributed by atoms with Crippen molar-refractivity contribution < 1.29 is 23.9 Å². The van der Waals surface area contributed by atoms with Gasteiger partial charge in [0.25, 0.3) is 0 Å². The molecule has 0 bridgehead atoms. The first-order valence-corrected chi connectivity index (χ1v) is 11.2. The van der Waals surface area contributed by atoms with E-state index in [1.807, 2.05) is 48.5 Å². The Kier molecular flexibility index (Phi) is 6.15. The van der Waals surface area contributed by atoms with Crippen molar-refractivity contribution in [3.05, 3.63) is 65.2 Å². The number of methoxy groups -OCH3 is 1. The van der Waals surface area contributed by atoms with E-state index in [2.05, 4.69) is 0 Å². The molecule has 0 saturated heterocycles. The molecule has 0 N–H and O–H groups in total. The molecule has 7 nitrogen and oxygen atoms in total. The number of rotatable bonds is 3. The van der Waals surface area contributed by atoms with Crippen LogP contribution in [0.5, 0.6) is 0 Å². The molecular weight excluding hydrogens is 420 g/mol. The summed E-state index contributed by atoms with van der Waals surface area (Å²) < 4.78 is 10.6. The average Bonchev–Trinajstić information content (AvgIpc) is 3.16. The minimum Gasteiger partial charge on any atom is -0.469 e. The van der Waals surface area contributed by atoms with Gasteiger partial charge >= 0.3 is 12.1 Å². The summed E-state index contributed by atoms with van der Waals surface area (Å²) in [5.41, 5.74) is 3.08. The largest absolute Gasteiger partial charge is 0.469 e. The molecule has 0 aliphatic carbocycles.